The molecule has 156 valence electrons. The largest absolute Gasteiger partial charge is 0.496 e. The summed E-state index contributed by atoms with van der Waals surface area (Å²) in [6.45, 7) is 6.79. The second-order valence-electron chi connectivity index (χ2n) is 8.24. The van der Waals surface area contributed by atoms with Crippen LogP contribution in [0.4, 0.5) is 0 Å². The molecular weight excluding hydrogens is 376 g/mol. The number of benzene rings is 2. The highest BCUT2D eigenvalue weighted by atomic mass is 16.5. The summed E-state index contributed by atoms with van der Waals surface area (Å²) in [5, 5.41) is 2.96. The molecule has 3 aromatic rings. The molecule has 0 saturated heterocycles. The number of methoxy groups -OCH3 is 1. The van der Waals surface area contributed by atoms with Crippen LogP contribution < -0.4 is 15.6 Å². The van der Waals surface area contributed by atoms with Crippen molar-refractivity contribution >= 4 is 5.91 Å². The summed E-state index contributed by atoms with van der Waals surface area (Å²) in [7, 11) is 1.65. The van der Waals surface area contributed by atoms with Crippen LogP contribution in [0.2, 0.25) is 0 Å². The van der Waals surface area contributed by atoms with Crippen molar-refractivity contribution in [2.45, 2.75) is 32.6 Å². The number of carbonyl (C=O) groups is 1. The maximum absolute atomic E-state index is 12.5. The number of carbonyl (C=O) groups excluding carboxylic acids is 1. The van der Waals surface area contributed by atoms with E-state index in [4.69, 9.17) is 4.74 Å². The quantitative estimate of drug-likeness (QED) is 0.643. The average molecular weight is 405 g/mol. The summed E-state index contributed by atoms with van der Waals surface area (Å²) in [5.74, 6) is 0.663. The molecule has 2 aromatic carbocycles. The highest BCUT2D eigenvalue weighted by molar-refractivity contribution is 5.94. The molecule has 0 bridgehead atoms. The van der Waals surface area contributed by atoms with Gasteiger partial charge in [-0.2, -0.15) is 0 Å². The molecule has 0 unspecified atom stereocenters. The van der Waals surface area contributed by atoms with E-state index in [-0.39, 0.29) is 16.9 Å². The Morgan fingerprint density at radius 3 is 2.40 bits per heavy atom. The summed E-state index contributed by atoms with van der Waals surface area (Å²) >= 11 is 0. The third kappa shape index (κ3) is 4.79. The van der Waals surface area contributed by atoms with Crippen LogP contribution in [0.3, 0.4) is 0 Å². The first kappa shape index (κ1) is 21.4. The lowest BCUT2D eigenvalue weighted by atomic mass is 9.83. The monoisotopic (exact) mass is 404 g/mol. The van der Waals surface area contributed by atoms with Gasteiger partial charge in [0, 0.05) is 29.4 Å². The fraction of sp³-hybridized carbons (Fsp3) is 0.280. The Morgan fingerprint density at radius 1 is 1.03 bits per heavy atom. The summed E-state index contributed by atoms with van der Waals surface area (Å²) < 4.78 is 5.66. The Kier molecular flexibility index (Phi) is 6.40. The zero-order valence-electron chi connectivity index (χ0n) is 17.9. The number of H-pyrrole nitrogens is 1. The molecule has 0 fully saturated rings. The van der Waals surface area contributed by atoms with Crippen molar-refractivity contribution in [3.05, 3.63) is 87.8 Å². The third-order valence-electron chi connectivity index (χ3n) is 5.06. The fourth-order valence-corrected chi connectivity index (χ4v) is 3.47. The van der Waals surface area contributed by atoms with Gasteiger partial charge in [0.2, 0.25) is 0 Å². The molecule has 0 radical (unpaired) electrons. The van der Waals surface area contributed by atoms with Gasteiger partial charge in [0.25, 0.3) is 11.5 Å². The van der Waals surface area contributed by atoms with Crippen molar-refractivity contribution in [2.24, 2.45) is 0 Å². The van der Waals surface area contributed by atoms with Crippen molar-refractivity contribution < 1.29 is 9.53 Å². The molecule has 0 aliphatic rings. The Bertz CT molecular complexity index is 1080. The van der Waals surface area contributed by atoms with Gasteiger partial charge in [-0.15, -0.1) is 0 Å². The first-order valence-corrected chi connectivity index (χ1v) is 10.0. The molecule has 1 aromatic heterocycles. The molecule has 0 saturated carbocycles. The van der Waals surface area contributed by atoms with Crippen LogP contribution in [0, 0.1) is 0 Å². The van der Waals surface area contributed by atoms with Crippen LogP contribution in [-0.4, -0.2) is 24.5 Å². The van der Waals surface area contributed by atoms with Crippen molar-refractivity contribution in [1.29, 1.82) is 0 Å². The van der Waals surface area contributed by atoms with Gasteiger partial charge in [0.05, 0.1) is 7.11 Å². The van der Waals surface area contributed by atoms with E-state index in [0.717, 1.165) is 22.4 Å². The lowest BCUT2D eigenvalue weighted by molar-refractivity contribution is 0.0954. The highest BCUT2D eigenvalue weighted by Gasteiger charge is 2.22. The van der Waals surface area contributed by atoms with Gasteiger partial charge in [0.1, 0.15) is 5.75 Å². The van der Waals surface area contributed by atoms with Gasteiger partial charge in [-0.05, 0) is 59.4 Å². The van der Waals surface area contributed by atoms with Crippen molar-refractivity contribution in [3.63, 3.8) is 0 Å². The minimum Gasteiger partial charge on any atom is -0.496 e. The second-order valence-corrected chi connectivity index (χ2v) is 8.24. The normalized spacial score (nSPS) is 11.2. The molecule has 0 aliphatic carbocycles. The standard InChI is InChI=1S/C25H28N2O3/c1-25(2,3)21-16-20(19-11-8-13-26-24(19)29)18(15-22(21)30-4)12-14-27-23(28)17-9-6-5-7-10-17/h5-11,13,15-16H,12,14H2,1-4H3,(H,26,29)(H,27,28). The number of amides is 1. The van der Waals surface area contributed by atoms with Gasteiger partial charge in [-0.1, -0.05) is 39.0 Å². The SMILES string of the molecule is COc1cc(CCNC(=O)c2ccccc2)c(-c2ccc[nH]c2=O)cc1C(C)(C)C. The molecule has 1 heterocycles. The Labute approximate surface area is 177 Å². The van der Waals surface area contributed by atoms with Crippen molar-refractivity contribution in [2.75, 3.05) is 13.7 Å². The van der Waals surface area contributed by atoms with E-state index in [1.807, 2.05) is 42.5 Å². The molecule has 3 rings (SSSR count). The fourth-order valence-electron chi connectivity index (χ4n) is 3.47. The van der Waals surface area contributed by atoms with Crippen LogP contribution in [0.25, 0.3) is 11.1 Å². The summed E-state index contributed by atoms with van der Waals surface area (Å²) in [4.78, 5) is 27.6. The van der Waals surface area contributed by atoms with Gasteiger partial charge in [-0.25, -0.2) is 0 Å². The molecule has 30 heavy (non-hydrogen) atoms. The zero-order valence-corrected chi connectivity index (χ0v) is 17.9. The number of pyridine rings is 1. The number of hydrogen-bond acceptors (Lipinski definition) is 3. The number of nitrogens with one attached hydrogen (secondary N) is 2. The maximum Gasteiger partial charge on any atom is 0.255 e. The average Bonchev–Trinajstić information content (AvgIpc) is 2.73. The van der Waals surface area contributed by atoms with Crippen molar-refractivity contribution in [1.82, 2.24) is 10.3 Å². The van der Waals surface area contributed by atoms with E-state index in [9.17, 15) is 9.59 Å². The zero-order chi connectivity index (χ0) is 21.7. The second kappa shape index (κ2) is 8.99. The number of aromatic amines is 1. The Morgan fingerprint density at radius 2 is 1.77 bits per heavy atom. The maximum atomic E-state index is 12.5. The smallest absolute Gasteiger partial charge is 0.255 e. The van der Waals surface area contributed by atoms with E-state index in [2.05, 4.69) is 31.1 Å². The summed E-state index contributed by atoms with van der Waals surface area (Å²) in [5.41, 5.74) is 3.77. The van der Waals surface area contributed by atoms with Crippen LogP contribution >= 0.6 is 0 Å². The first-order valence-electron chi connectivity index (χ1n) is 10.0. The summed E-state index contributed by atoms with van der Waals surface area (Å²) in [6.07, 6.45) is 2.20. The van der Waals surface area contributed by atoms with Gasteiger partial charge < -0.3 is 15.0 Å². The number of aromatic nitrogens is 1. The molecular formula is C25H28N2O3. The van der Waals surface area contributed by atoms with Crippen LogP contribution in [0.15, 0.2) is 65.6 Å². The van der Waals surface area contributed by atoms with Gasteiger partial charge in [0.15, 0.2) is 0 Å². The topological polar surface area (TPSA) is 71.2 Å². The first-order chi connectivity index (χ1) is 14.3. The highest BCUT2D eigenvalue weighted by Crippen LogP contribution is 2.36. The summed E-state index contributed by atoms with van der Waals surface area (Å²) in [6, 6.07) is 16.8. The number of hydrogen-bond donors (Lipinski definition) is 2. The van der Waals surface area contributed by atoms with Gasteiger partial charge in [-0.3, -0.25) is 9.59 Å². The molecule has 0 aliphatic heterocycles. The molecule has 1 amide bonds. The minimum atomic E-state index is -0.151. The van der Waals surface area contributed by atoms with Crippen LogP contribution in [0.5, 0.6) is 5.75 Å². The number of ether oxygens (including phenoxy) is 1. The minimum absolute atomic E-state index is 0.118. The molecule has 0 spiro atoms. The Hall–Kier alpha value is -3.34. The van der Waals surface area contributed by atoms with E-state index >= 15 is 0 Å². The lowest BCUT2D eigenvalue weighted by Gasteiger charge is -2.24. The van der Waals surface area contributed by atoms with E-state index in [0.29, 0.717) is 24.1 Å². The molecule has 5 heteroatoms. The number of rotatable bonds is 6. The van der Waals surface area contributed by atoms with Crippen molar-refractivity contribution in [3.8, 4) is 16.9 Å². The van der Waals surface area contributed by atoms with Crippen LogP contribution in [-0.2, 0) is 11.8 Å². The molecule has 5 nitrogen and oxygen atoms in total. The van der Waals surface area contributed by atoms with E-state index in [1.165, 1.54) is 0 Å². The molecule has 2 N–H and O–H groups in total. The third-order valence-corrected chi connectivity index (χ3v) is 5.06. The van der Waals surface area contributed by atoms with E-state index < -0.39 is 0 Å². The Balaban J connectivity index is 1.95. The lowest BCUT2D eigenvalue weighted by Crippen LogP contribution is -2.26. The molecule has 0 atom stereocenters. The predicted molar refractivity (Wildman–Crippen MR) is 120 cm³/mol. The van der Waals surface area contributed by atoms with Gasteiger partial charge >= 0.3 is 0 Å². The van der Waals surface area contributed by atoms with Crippen LogP contribution in [0.1, 0.15) is 42.3 Å². The van der Waals surface area contributed by atoms with E-state index in [1.54, 1.807) is 25.4 Å². The predicted octanol–water partition coefficient (Wildman–Crippen LogP) is 4.32.